The summed E-state index contributed by atoms with van der Waals surface area (Å²) in [6, 6.07) is 0. The minimum absolute atomic E-state index is 0.183. The molecule has 0 aromatic heterocycles. The lowest BCUT2D eigenvalue weighted by Crippen LogP contribution is -2.49. The van der Waals surface area contributed by atoms with E-state index in [9.17, 15) is 22.0 Å². The molecule has 9 heteroatoms. The van der Waals surface area contributed by atoms with Gasteiger partial charge in [0.15, 0.2) is 0 Å². The lowest BCUT2D eigenvalue weighted by atomic mass is 10.1. The number of nitrogens with zero attached hydrogens (tertiary/aromatic N) is 1. The highest BCUT2D eigenvalue weighted by molar-refractivity contribution is 7.87. The average Bonchev–Trinajstić information content (AvgIpc) is 3.07. The lowest BCUT2D eigenvalue weighted by molar-refractivity contribution is -0.143. The van der Waals surface area contributed by atoms with E-state index in [1.54, 1.807) is 0 Å². The molecule has 1 aliphatic carbocycles. The topological polar surface area (TPSA) is 86.7 Å². The summed E-state index contributed by atoms with van der Waals surface area (Å²) in [5.41, 5.74) is -1.01. The van der Waals surface area contributed by atoms with Gasteiger partial charge in [-0.3, -0.25) is 4.79 Å². The Kier molecular flexibility index (Phi) is 3.56. The number of aliphatic carboxylic acids is 1. The summed E-state index contributed by atoms with van der Waals surface area (Å²) in [5, 5.41) is 8.93. The Balaban J connectivity index is 1.91. The molecule has 0 atom stereocenters. The molecule has 2 fully saturated rings. The smallest absolute Gasteiger partial charge is 0.310 e. The van der Waals surface area contributed by atoms with Gasteiger partial charge in [0.1, 0.15) is 0 Å². The third-order valence-electron chi connectivity index (χ3n) is 3.69. The second kappa shape index (κ2) is 4.64. The number of nitrogens with one attached hydrogen (secondary N) is 1. The number of hydrogen-bond acceptors (Lipinski definition) is 3. The molecule has 0 aromatic rings. The molecule has 2 aliphatic rings. The molecule has 1 heterocycles. The molecule has 19 heavy (non-hydrogen) atoms. The minimum atomic E-state index is -3.87. The number of carboxylic acid groups (broad SMARTS) is 1. The Morgan fingerprint density at radius 1 is 1.21 bits per heavy atom. The zero-order chi connectivity index (χ0) is 14.3. The van der Waals surface area contributed by atoms with Crippen LogP contribution >= 0.6 is 0 Å². The highest BCUT2D eigenvalue weighted by Gasteiger charge is 2.51. The van der Waals surface area contributed by atoms with E-state index in [0.29, 0.717) is 12.8 Å². The summed E-state index contributed by atoms with van der Waals surface area (Å²) < 4.78 is 52.8. The van der Waals surface area contributed by atoms with Crippen molar-refractivity contribution in [1.29, 1.82) is 0 Å². The van der Waals surface area contributed by atoms with Crippen LogP contribution in [0.3, 0.4) is 0 Å². The highest BCUT2D eigenvalue weighted by atomic mass is 32.2. The SMILES string of the molecule is O=C(O)C1(CNS(=O)(=O)N2CCC(F)(F)CC2)CC1. The van der Waals surface area contributed by atoms with E-state index < -0.39 is 40.4 Å². The van der Waals surface area contributed by atoms with Crippen LogP contribution in [0.4, 0.5) is 8.78 Å². The Labute approximate surface area is 110 Å². The standard InChI is InChI=1S/C10H16F2N2O4S/c11-10(12)3-5-14(6-4-10)19(17,18)13-7-9(1-2-9)8(15)16/h13H,1-7H2,(H,15,16). The molecule has 1 aliphatic heterocycles. The summed E-state index contributed by atoms with van der Waals surface area (Å²) >= 11 is 0. The average molecular weight is 298 g/mol. The molecule has 0 unspecified atom stereocenters. The molecule has 0 radical (unpaired) electrons. The lowest BCUT2D eigenvalue weighted by Gasteiger charge is -2.31. The second-order valence-electron chi connectivity index (χ2n) is 5.17. The maximum Gasteiger partial charge on any atom is 0.310 e. The first kappa shape index (κ1) is 14.6. The van der Waals surface area contributed by atoms with Gasteiger partial charge in [0, 0.05) is 32.5 Å². The van der Waals surface area contributed by atoms with Crippen LogP contribution in [0.2, 0.25) is 0 Å². The van der Waals surface area contributed by atoms with Crippen molar-refractivity contribution < 1.29 is 27.1 Å². The highest BCUT2D eigenvalue weighted by Crippen LogP contribution is 2.45. The van der Waals surface area contributed by atoms with E-state index in [1.165, 1.54) is 0 Å². The molecule has 2 N–H and O–H groups in total. The van der Waals surface area contributed by atoms with Crippen molar-refractivity contribution >= 4 is 16.2 Å². The van der Waals surface area contributed by atoms with Crippen LogP contribution in [-0.4, -0.2) is 49.4 Å². The van der Waals surface area contributed by atoms with Gasteiger partial charge in [-0.1, -0.05) is 0 Å². The summed E-state index contributed by atoms with van der Waals surface area (Å²) in [5.74, 6) is -3.84. The Morgan fingerprint density at radius 3 is 2.16 bits per heavy atom. The maximum absolute atomic E-state index is 12.9. The Bertz CT molecular complexity index is 466. The number of carbonyl (C=O) groups is 1. The summed E-state index contributed by atoms with van der Waals surface area (Å²) in [4.78, 5) is 10.9. The number of piperidine rings is 1. The predicted molar refractivity (Wildman–Crippen MR) is 62.0 cm³/mol. The van der Waals surface area contributed by atoms with Crippen molar-refractivity contribution in [3.05, 3.63) is 0 Å². The van der Waals surface area contributed by atoms with Crippen molar-refractivity contribution in [3.8, 4) is 0 Å². The summed E-state index contributed by atoms with van der Waals surface area (Å²) in [7, 11) is -3.87. The van der Waals surface area contributed by atoms with Crippen LogP contribution in [0.5, 0.6) is 0 Å². The molecule has 1 saturated heterocycles. The molecule has 0 bridgehead atoms. The minimum Gasteiger partial charge on any atom is -0.481 e. The van der Waals surface area contributed by atoms with E-state index in [-0.39, 0.29) is 19.6 Å². The van der Waals surface area contributed by atoms with Gasteiger partial charge in [0.05, 0.1) is 5.41 Å². The van der Waals surface area contributed by atoms with Gasteiger partial charge in [-0.05, 0) is 12.8 Å². The fourth-order valence-corrected chi connectivity index (χ4v) is 3.30. The van der Waals surface area contributed by atoms with Crippen LogP contribution in [-0.2, 0) is 15.0 Å². The zero-order valence-electron chi connectivity index (χ0n) is 10.2. The molecular weight excluding hydrogens is 282 g/mol. The number of hydrogen-bond donors (Lipinski definition) is 2. The van der Waals surface area contributed by atoms with E-state index in [0.717, 1.165) is 4.31 Å². The van der Waals surface area contributed by atoms with E-state index in [4.69, 9.17) is 5.11 Å². The van der Waals surface area contributed by atoms with Crippen LogP contribution in [0.1, 0.15) is 25.7 Å². The quantitative estimate of drug-likeness (QED) is 0.770. The summed E-state index contributed by atoms with van der Waals surface area (Å²) in [6.45, 7) is -0.678. The number of alkyl halides is 2. The van der Waals surface area contributed by atoms with Gasteiger partial charge < -0.3 is 5.11 Å². The molecule has 0 amide bonds. The van der Waals surface area contributed by atoms with E-state index in [2.05, 4.69) is 4.72 Å². The first-order valence-electron chi connectivity index (χ1n) is 6.03. The fraction of sp³-hybridized carbons (Fsp3) is 0.900. The molecule has 6 nitrogen and oxygen atoms in total. The van der Waals surface area contributed by atoms with Crippen LogP contribution in [0, 0.1) is 5.41 Å². The van der Waals surface area contributed by atoms with Crippen molar-refractivity contribution in [3.63, 3.8) is 0 Å². The van der Waals surface area contributed by atoms with Crippen molar-refractivity contribution in [1.82, 2.24) is 9.03 Å². The van der Waals surface area contributed by atoms with Gasteiger partial charge in [0.25, 0.3) is 16.1 Å². The maximum atomic E-state index is 12.9. The van der Waals surface area contributed by atoms with Crippen LogP contribution in [0.25, 0.3) is 0 Å². The number of rotatable bonds is 5. The first-order chi connectivity index (χ1) is 8.67. The fourth-order valence-electron chi connectivity index (χ4n) is 1.99. The third-order valence-corrected chi connectivity index (χ3v) is 5.25. The van der Waals surface area contributed by atoms with E-state index >= 15 is 0 Å². The molecule has 0 spiro atoms. The van der Waals surface area contributed by atoms with Crippen molar-refractivity contribution in [2.75, 3.05) is 19.6 Å². The van der Waals surface area contributed by atoms with Gasteiger partial charge in [-0.15, -0.1) is 0 Å². The van der Waals surface area contributed by atoms with Crippen molar-refractivity contribution in [2.24, 2.45) is 5.41 Å². The summed E-state index contributed by atoms with van der Waals surface area (Å²) in [6.07, 6.45) is -0.137. The normalized spacial score (nSPS) is 26.0. The van der Waals surface area contributed by atoms with Crippen LogP contribution in [0.15, 0.2) is 0 Å². The Morgan fingerprint density at radius 2 is 1.74 bits per heavy atom. The molecule has 110 valence electrons. The third kappa shape index (κ3) is 3.21. The molecule has 2 rings (SSSR count). The van der Waals surface area contributed by atoms with E-state index in [1.807, 2.05) is 0 Å². The molecular formula is C10H16F2N2O4S. The zero-order valence-corrected chi connectivity index (χ0v) is 11.0. The monoisotopic (exact) mass is 298 g/mol. The predicted octanol–water partition coefficient (Wildman–Crippen LogP) is 0.417. The molecule has 1 saturated carbocycles. The molecule has 0 aromatic carbocycles. The number of carboxylic acids is 1. The van der Waals surface area contributed by atoms with Gasteiger partial charge in [0.2, 0.25) is 0 Å². The Hall–Kier alpha value is -0.800. The van der Waals surface area contributed by atoms with Gasteiger partial charge in [-0.25, -0.2) is 13.5 Å². The number of halogens is 2. The first-order valence-corrected chi connectivity index (χ1v) is 7.47. The van der Waals surface area contributed by atoms with Gasteiger partial charge >= 0.3 is 5.97 Å². The largest absolute Gasteiger partial charge is 0.481 e. The second-order valence-corrected chi connectivity index (χ2v) is 6.92. The van der Waals surface area contributed by atoms with Crippen LogP contribution < -0.4 is 4.72 Å². The van der Waals surface area contributed by atoms with Gasteiger partial charge in [-0.2, -0.15) is 12.7 Å². The van der Waals surface area contributed by atoms with Crippen molar-refractivity contribution in [2.45, 2.75) is 31.6 Å².